The van der Waals surface area contributed by atoms with Gasteiger partial charge in [0.15, 0.2) is 0 Å². The van der Waals surface area contributed by atoms with E-state index < -0.39 is 17.7 Å². The largest absolute Gasteiger partial charge is 0.444 e. The Kier molecular flexibility index (Phi) is 8.31. The van der Waals surface area contributed by atoms with Crippen LogP contribution < -0.4 is 16.0 Å². The van der Waals surface area contributed by atoms with E-state index >= 15 is 0 Å². The Bertz CT molecular complexity index is 1350. The normalized spacial score (nSPS) is 15.1. The zero-order valence-electron chi connectivity index (χ0n) is 22.2. The number of carbonyl (C=O) groups excluding carboxylic acids is 2. The Labute approximate surface area is 222 Å². The SMILES string of the molecule is CNc1nc(Nc2ccc3[nH]ncc3c2)ncc1C#CCCCNC(=O)[C@@H]1CCCN1C(=O)OC(C)(C)C. The molecule has 1 atom stereocenters. The molecule has 38 heavy (non-hydrogen) atoms. The molecule has 3 heterocycles. The van der Waals surface area contributed by atoms with Crippen LogP contribution in [0.2, 0.25) is 0 Å². The molecular formula is C27H34N8O3. The maximum Gasteiger partial charge on any atom is 0.410 e. The maximum absolute atomic E-state index is 12.6. The monoisotopic (exact) mass is 518 g/mol. The van der Waals surface area contributed by atoms with Crippen LogP contribution in [0, 0.1) is 11.8 Å². The van der Waals surface area contributed by atoms with Gasteiger partial charge in [0.2, 0.25) is 11.9 Å². The number of hydrogen-bond donors (Lipinski definition) is 4. The first-order chi connectivity index (χ1) is 18.2. The van der Waals surface area contributed by atoms with Gasteiger partial charge in [-0.3, -0.25) is 14.8 Å². The molecular weight excluding hydrogens is 484 g/mol. The number of aromatic amines is 1. The third kappa shape index (κ3) is 6.91. The van der Waals surface area contributed by atoms with Gasteiger partial charge in [-0.15, -0.1) is 0 Å². The van der Waals surface area contributed by atoms with E-state index in [4.69, 9.17) is 4.74 Å². The minimum absolute atomic E-state index is 0.151. The first-order valence-electron chi connectivity index (χ1n) is 12.7. The van der Waals surface area contributed by atoms with Crippen LogP contribution in [-0.4, -0.2) is 68.8 Å². The fourth-order valence-corrected chi connectivity index (χ4v) is 4.12. The van der Waals surface area contributed by atoms with Crippen molar-refractivity contribution in [3.05, 3.63) is 36.2 Å². The lowest BCUT2D eigenvalue weighted by Crippen LogP contribution is -2.47. The van der Waals surface area contributed by atoms with Crippen LogP contribution in [0.25, 0.3) is 10.9 Å². The minimum atomic E-state index is -0.593. The molecule has 0 unspecified atom stereocenters. The third-order valence-corrected chi connectivity index (χ3v) is 5.91. The summed E-state index contributed by atoms with van der Waals surface area (Å²) in [6.07, 6.45) is 5.70. The summed E-state index contributed by atoms with van der Waals surface area (Å²) in [5.74, 6) is 7.15. The summed E-state index contributed by atoms with van der Waals surface area (Å²) in [6, 6.07) is 5.35. The quantitative estimate of drug-likeness (QED) is 0.274. The molecule has 0 radical (unpaired) electrons. The molecule has 2 amide bonds. The van der Waals surface area contributed by atoms with Gasteiger partial charge in [0, 0.05) is 37.6 Å². The van der Waals surface area contributed by atoms with Gasteiger partial charge in [-0.2, -0.15) is 10.1 Å². The minimum Gasteiger partial charge on any atom is -0.444 e. The number of nitrogens with one attached hydrogen (secondary N) is 4. The van der Waals surface area contributed by atoms with Crippen molar-refractivity contribution in [1.29, 1.82) is 0 Å². The van der Waals surface area contributed by atoms with E-state index in [2.05, 4.69) is 48.0 Å². The van der Waals surface area contributed by atoms with Crippen LogP contribution in [0.5, 0.6) is 0 Å². The predicted octanol–water partition coefficient (Wildman–Crippen LogP) is 3.79. The van der Waals surface area contributed by atoms with Crippen LogP contribution in [0.15, 0.2) is 30.6 Å². The number of hydrogen-bond acceptors (Lipinski definition) is 8. The highest BCUT2D eigenvalue weighted by Gasteiger charge is 2.36. The number of nitrogens with zero attached hydrogens (tertiary/aromatic N) is 4. The van der Waals surface area contributed by atoms with Gasteiger partial charge >= 0.3 is 6.09 Å². The maximum atomic E-state index is 12.6. The molecule has 1 saturated heterocycles. The number of anilines is 3. The van der Waals surface area contributed by atoms with Crippen molar-refractivity contribution >= 4 is 40.4 Å². The van der Waals surface area contributed by atoms with Gasteiger partial charge in [0.25, 0.3) is 0 Å². The second kappa shape index (κ2) is 11.8. The molecule has 11 heteroatoms. The van der Waals surface area contributed by atoms with Gasteiger partial charge < -0.3 is 20.7 Å². The molecule has 1 aliphatic rings. The average Bonchev–Trinajstić information content (AvgIpc) is 3.55. The first-order valence-corrected chi connectivity index (χ1v) is 12.7. The van der Waals surface area contributed by atoms with E-state index in [1.54, 1.807) is 19.4 Å². The number of unbranched alkanes of at least 4 members (excludes halogenated alkanes) is 1. The number of aromatic nitrogens is 4. The number of fused-ring (bicyclic) bond motifs is 1. The Morgan fingerprint density at radius 3 is 2.89 bits per heavy atom. The second-order valence-corrected chi connectivity index (χ2v) is 10.0. The van der Waals surface area contributed by atoms with Gasteiger partial charge in [0.05, 0.1) is 23.5 Å². The molecule has 3 aromatic rings. The fourth-order valence-electron chi connectivity index (χ4n) is 4.12. The van der Waals surface area contributed by atoms with Gasteiger partial charge in [-0.1, -0.05) is 11.8 Å². The topological polar surface area (TPSA) is 137 Å². The van der Waals surface area contributed by atoms with Crippen LogP contribution in [0.1, 0.15) is 52.0 Å². The van der Waals surface area contributed by atoms with Crippen LogP contribution >= 0.6 is 0 Å². The summed E-state index contributed by atoms with van der Waals surface area (Å²) in [5.41, 5.74) is 1.91. The number of benzene rings is 1. The zero-order chi connectivity index (χ0) is 27.1. The zero-order valence-corrected chi connectivity index (χ0v) is 22.2. The number of H-pyrrole nitrogens is 1. The summed E-state index contributed by atoms with van der Waals surface area (Å²) in [4.78, 5) is 35.5. The molecule has 0 aliphatic carbocycles. The molecule has 0 spiro atoms. The van der Waals surface area contributed by atoms with Crippen molar-refractivity contribution in [2.45, 2.75) is 58.1 Å². The molecule has 0 saturated carbocycles. The van der Waals surface area contributed by atoms with Crippen molar-refractivity contribution in [1.82, 2.24) is 30.4 Å². The van der Waals surface area contributed by atoms with Crippen molar-refractivity contribution in [3.63, 3.8) is 0 Å². The summed E-state index contributed by atoms with van der Waals surface area (Å²) >= 11 is 0. The van der Waals surface area contributed by atoms with Crippen molar-refractivity contribution in [2.75, 3.05) is 30.8 Å². The van der Waals surface area contributed by atoms with E-state index in [-0.39, 0.29) is 5.91 Å². The van der Waals surface area contributed by atoms with E-state index in [1.165, 1.54) is 4.90 Å². The lowest BCUT2D eigenvalue weighted by molar-refractivity contribution is -0.125. The van der Waals surface area contributed by atoms with E-state index in [1.807, 2.05) is 39.0 Å². The number of rotatable bonds is 7. The number of likely N-dealkylation sites (tertiary alicyclic amines) is 1. The number of ether oxygens (including phenoxy) is 1. The Hall–Kier alpha value is -4.33. The highest BCUT2D eigenvalue weighted by atomic mass is 16.6. The lowest BCUT2D eigenvalue weighted by Gasteiger charge is -2.28. The molecule has 4 N–H and O–H groups in total. The highest BCUT2D eigenvalue weighted by molar-refractivity contribution is 5.86. The van der Waals surface area contributed by atoms with Gasteiger partial charge in [-0.25, -0.2) is 9.78 Å². The molecule has 1 aliphatic heterocycles. The van der Waals surface area contributed by atoms with Crippen LogP contribution in [0.4, 0.5) is 22.2 Å². The first kappa shape index (κ1) is 26.7. The molecule has 0 bridgehead atoms. The molecule has 1 aromatic carbocycles. The Balaban J connectivity index is 1.25. The van der Waals surface area contributed by atoms with Gasteiger partial charge in [-0.05, 0) is 58.2 Å². The summed E-state index contributed by atoms with van der Waals surface area (Å²) in [6.45, 7) is 6.46. The molecule has 11 nitrogen and oxygen atoms in total. The van der Waals surface area contributed by atoms with Crippen LogP contribution in [0.3, 0.4) is 0 Å². The van der Waals surface area contributed by atoms with Gasteiger partial charge in [0.1, 0.15) is 17.5 Å². The molecule has 4 rings (SSSR count). The second-order valence-electron chi connectivity index (χ2n) is 10.0. The fraction of sp³-hybridized carbons (Fsp3) is 0.444. The molecule has 200 valence electrons. The summed E-state index contributed by atoms with van der Waals surface area (Å²) < 4.78 is 5.44. The smallest absolute Gasteiger partial charge is 0.410 e. The average molecular weight is 519 g/mol. The van der Waals surface area contributed by atoms with E-state index in [9.17, 15) is 9.59 Å². The van der Waals surface area contributed by atoms with Crippen LogP contribution in [-0.2, 0) is 9.53 Å². The Morgan fingerprint density at radius 2 is 2.11 bits per heavy atom. The molecule has 2 aromatic heterocycles. The number of carbonyl (C=O) groups is 2. The molecule has 1 fully saturated rings. The van der Waals surface area contributed by atoms with E-state index in [0.29, 0.717) is 49.7 Å². The van der Waals surface area contributed by atoms with Crippen molar-refractivity contribution < 1.29 is 14.3 Å². The summed E-state index contributed by atoms with van der Waals surface area (Å²) in [7, 11) is 1.79. The van der Waals surface area contributed by atoms with Crippen molar-refractivity contribution in [2.24, 2.45) is 0 Å². The third-order valence-electron chi connectivity index (χ3n) is 5.91. The van der Waals surface area contributed by atoms with E-state index in [0.717, 1.165) is 23.0 Å². The number of amides is 2. The Morgan fingerprint density at radius 1 is 1.26 bits per heavy atom. The lowest BCUT2D eigenvalue weighted by atomic mass is 10.2. The predicted molar refractivity (Wildman–Crippen MR) is 146 cm³/mol. The van der Waals surface area contributed by atoms with Crippen molar-refractivity contribution in [3.8, 4) is 11.8 Å². The standard InChI is InChI=1S/C27H34N8O3/c1-27(2,3)38-26(37)35-14-8-10-22(35)24(36)29-13-7-5-6-9-18-16-30-25(33-23(18)28-4)32-20-11-12-21-19(15-20)17-31-34-21/h11-12,15-17,22H,5,7-8,10,13-14H2,1-4H3,(H,29,36)(H,31,34)(H2,28,30,32,33)/t22-/m0/s1. The highest BCUT2D eigenvalue weighted by Crippen LogP contribution is 2.22. The summed E-state index contributed by atoms with van der Waals surface area (Å²) in [5, 5.41) is 17.1.